The third-order valence-electron chi connectivity index (χ3n) is 3.47. The molecule has 0 spiro atoms. The summed E-state index contributed by atoms with van der Waals surface area (Å²) in [5.41, 5.74) is 0. The number of aliphatic hydroxyl groups excluding tert-OH is 1. The molecule has 0 radical (unpaired) electrons. The Morgan fingerprint density at radius 3 is 2.53 bits per heavy atom. The summed E-state index contributed by atoms with van der Waals surface area (Å²) < 4.78 is 22.0. The Labute approximate surface area is 105 Å². The summed E-state index contributed by atoms with van der Waals surface area (Å²) in [6.07, 6.45) is 6.14. The maximum Gasteiger partial charge on any atom is 0.147 e. The zero-order chi connectivity index (χ0) is 12.9. The summed E-state index contributed by atoms with van der Waals surface area (Å²) in [4.78, 5) is 2.14. The van der Waals surface area contributed by atoms with Gasteiger partial charge in [0.2, 0.25) is 0 Å². The van der Waals surface area contributed by atoms with Gasteiger partial charge in [-0.2, -0.15) is 0 Å². The van der Waals surface area contributed by atoms with E-state index in [0.717, 1.165) is 32.4 Å². The van der Waals surface area contributed by atoms with Crippen molar-refractivity contribution in [3.8, 4) is 0 Å². The molecule has 17 heavy (non-hydrogen) atoms. The van der Waals surface area contributed by atoms with Gasteiger partial charge in [-0.1, -0.05) is 12.8 Å². The van der Waals surface area contributed by atoms with Crippen LogP contribution in [-0.4, -0.2) is 56.7 Å². The van der Waals surface area contributed by atoms with E-state index < -0.39 is 9.84 Å². The van der Waals surface area contributed by atoms with E-state index in [2.05, 4.69) is 4.90 Å². The third-order valence-corrected chi connectivity index (χ3v) is 4.50. The molecule has 0 amide bonds. The van der Waals surface area contributed by atoms with Crippen LogP contribution in [0.1, 0.15) is 32.1 Å². The molecule has 0 aromatic rings. The van der Waals surface area contributed by atoms with Gasteiger partial charge in [0.25, 0.3) is 0 Å². The van der Waals surface area contributed by atoms with Crippen molar-refractivity contribution in [1.82, 2.24) is 4.90 Å². The number of sulfone groups is 1. The molecule has 1 aliphatic rings. The third kappa shape index (κ3) is 6.38. The molecule has 2 unspecified atom stereocenters. The van der Waals surface area contributed by atoms with E-state index >= 15 is 0 Å². The highest BCUT2D eigenvalue weighted by Crippen LogP contribution is 2.24. The Bertz CT molecular complexity index is 316. The van der Waals surface area contributed by atoms with E-state index in [9.17, 15) is 13.5 Å². The van der Waals surface area contributed by atoms with Gasteiger partial charge >= 0.3 is 0 Å². The smallest absolute Gasteiger partial charge is 0.147 e. The lowest BCUT2D eigenvalue weighted by molar-refractivity contribution is 0.0515. The summed E-state index contributed by atoms with van der Waals surface area (Å²) >= 11 is 0. The molecule has 1 rings (SSSR count). The molecule has 4 nitrogen and oxygen atoms in total. The van der Waals surface area contributed by atoms with Gasteiger partial charge in [-0.25, -0.2) is 8.42 Å². The number of nitrogens with zero attached hydrogens (tertiary/aromatic N) is 1. The quantitative estimate of drug-likeness (QED) is 0.774. The van der Waals surface area contributed by atoms with Crippen molar-refractivity contribution in [2.75, 3.05) is 32.1 Å². The summed E-state index contributed by atoms with van der Waals surface area (Å²) in [7, 11) is -0.836. The Morgan fingerprint density at radius 2 is 1.94 bits per heavy atom. The van der Waals surface area contributed by atoms with Crippen LogP contribution in [0.5, 0.6) is 0 Å². The van der Waals surface area contributed by atoms with Crippen LogP contribution in [0, 0.1) is 5.92 Å². The lowest BCUT2D eigenvalue weighted by Crippen LogP contribution is -2.35. The molecule has 1 aliphatic carbocycles. The van der Waals surface area contributed by atoms with Gasteiger partial charge in [-0.05, 0) is 38.8 Å². The van der Waals surface area contributed by atoms with E-state index in [4.69, 9.17) is 0 Å². The fourth-order valence-corrected chi connectivity index (χ4v) is 3.14. The topological polar surface area (TPSA) is 57.6 Å². The number of hydrogen-bond acceptors (Lipinski definition) is 4. The average Bonchev–Trinajstić information content (AvgIpc) is 2.19. The highest BCUT2D eigenvalue weighted by Gasteiger charge is 2.23. The van der Waals surface area contributed by atoms with Crippen molar-refractivity contribution >= 4 is 9.84 Å². The lowest BCUT2D eigenvalue weighted by Gasteiger charge is -2.31. The first-order valence-electron chi connectivity index (χ1n) is 6.43. The number of hydrogen-bond donors (Lipinski definition) is 1. The maximum absolute atomic E-state index is 11.0. The highest BCUT2D eigenvalue weighted by atomic mass is 32.2. The molecule has 0 aliphatic heterocycles. The first-order chi connectivity index (χ1) is 7.88. The molecule has 0 heterocycles. The predicted octanol–water partition coefficient (Wildman–Crippen LogP) is 0.904. The molecule has 1 fully saturated rings. The second-order valence-electron chi connectivity index (χ2n) is 5.36. The summed E-state index contributed by atoms with van der Waals surface area (Å²) in [5.74, 6) is 0.622. The van der Waals surface area contributed by atoms with Gasteiger partial charge in [0.15, 0.2) is 0 Å². The molecule has 0 bridgehead atoms. The second kappa shape index (κ2) is 6.71. The molecule has 0 aromatic heterocycles. The van der Waals surface area contributed by atoms with Crippen molar-refractivity contribution in [2.45, 2.75) is 38.2 Å². The molecule has 5 heteroatoms. The Morgan fingerprint density at radius 1 is 1.29 bits per heavy atom. The fourth-order valence-electron chi connectivity index (χ4n) is 2.49. The normalized spacial score (nSPS) is 26.4. The Kier molecular flexibility index (Phi) is 5.89. The molecule has 102 valence electrons. The number of aliphatic hydroxyl groups is 1. The van der Waals surface area contributed by atoms with Crippen LogP contribution in [0.15, 0.2) is 0 Å². The van der Waals surface area contributed by atoms with E-state index in [0.29, 0.717) is 12.3 Å². The van der Waals surface area contributed by atoms with Crippen LogP contribution in [0.3, 0.4) is 0 Å². The van der Waals surface area contributed by atoms with Gasteiger partial charge in [0.05, 0.1) is 11.9 Å². The second-order valence-corrected chi connectivity index (χ2v) is 7.62. The summed E-state index contributed by atoms with van der Waals surface area (Å²) in [6.45, 7) is 1.67. The van der Waals surface area contributed by atoms with Crippen molar-refractivity contribution in [3.63, 3.8) is 0 Å². The minimum atomic E-state index is -2.84. The van der Waals surface area contributed by atoms with Gasteiger partial charge in [0.1, 0.15) is 9.84 Å². The zero-order valence-electron chi connectivity index (χ0n) is 10.9. The van der Waals surface area contributed by atoms with E-state index in [1.165, 1.54) is 12.7 Å². The first kappa shape index (κ1) is 14.9. The monoisotopic (exact) mass is 263 g/mol. The van der Waals surface area contributed by atoms with Crippen LogP contribution in [0.4, 0.5) is 0 Å². The number of rotatable bonds is 6. The zero-order valence-corrected chi connectivity index (χ0v) is 11.7. The Hall–Kier alpha value is -0.130. The van der Waals surface area contributed by atoms with Crippen LogP contribution in [0.2, 0.25) is 0 Å². The van der Waals surface area contributed by atoms with Crippen molar-refractivity contribution in [1.29, 1.82) is 0 Å². The van der Waals surface area contributed by atoms with Crippen LogP contribution >= 0.6 is 0 Å². The molecule has 2 atom stereocenters. The minimum absolute atomic E-state index is 0.166. The highest BCUT2D eigenvalue weighted by molar-refractivity contribution is 7.90. The minimum Gasteiger partial charge on any atom is -0.393 e. The van der Waals surface area contributed by atoms with Crippen molar-refractivity contribution in [3.05, 3.63) is 0 Å². The van der Waals surface area contributed by atoms with Crippen molar-refractivity contribution < 1.29 is 13.5 Å². The Balaban J connectivity index is 2.22. The molecule has 1 saturated carbocycles. The fraction of sp³-hybridized carbons (Fsp3) is 1.00. The standard InChI is InChI=1S/C12H25NO3S/c1-13(8-5-9-17(2,15)16)10-11-6-3-4-7-12(11)14/h11-12,14H,3-10H2,1-2H3. The van der Waals surface area contributed by atoms with Crippen LogP contribution in [0.25, 0.3) is 0 Å². The lowest BCUT2D eigenvalue weighted by atomic mass is 9.86. The van der Waals surface area contributed by atoms with Crippen LogP contribution < -0.4 is 0 Å². The predicted molar refractivity (Wildman–Crippen MR) is 69.8 cm³/mol. The van der Waals surface area contributed by atoms with Crippen LogP contribution in [-0.2, 0) is 9.84 Å². The summed E-state index contributed by atoms with van der Waals surface area (Å²) in [5, 5.41) is 9.85. The van der Waals surface area contributed by atoms with E-state index in [1.54, 1.807) is 0 Å². The largest absolute Gasteiger partial charge is 0.393 e. The average molecular weight is 263 g/mol. The first-order valence-corrected chi connectivity index (χ1v) is 8.49. The SMILES string of the molecule is CN(CCCS(C)(=O)=O)CC1CCCCC1O. The van der Waals surface area contributed by atoms with Gasteiger partial charge in [0, 0.05) is 12.8 Å². The molecule has 0 saturated heterocycles. The molecule has 1 N–H and O–H groups in total. The maximum atomic E-state index is 11.0. The van der Waals surface area contributed by atoms with Gasteiger partial charge < -0.3 is 10.0 Å². The van der Waals surface area contributed by atoms with E-state index in [-0.39, 0.29) is 11.9 Å². The van der Waals surface area contributed by atoms with Crippen molar-refractivity contribution in [2.24, 2.45) is 5.92 Å². The molecule has 0 aromatic carbocycles. The molecular formula is C12H25NO3S. The summed E-state index contributed by atoms with van der Waals surface area (Å²) in [6, 6.07) is 0. The van der Waals surface area contributed by atoms with Gasteiger partial charge in [-0.15, -0.1) is 0 Å². The van der Waals surface area contributed by atoms with Gasteiger partial charge in [-0.3, -0.25) is 0 Å². The molecular weight excluding hydrogens is 238 g/mol. The van der Waals surface area contributed by atoms with E-state index in [1.807, 2.05) is 7.05 Å².